The third-order valence-corrected chi connectivity index (χ3v) is 6.09. The van der Waals surface area contributed by atoms with Crippen LogP contribution in [0, 0.1) is 0 Å². The summed E-state index contributed by atoms with van der Waals surface area (Å²) in [6.45, 7) is 6.72. The molecule has 30 heavy (non-hydrogen) atoms. The number of ether oxygens (including phenoxy) is 1. The number of carbonyl (C=O) groups is 1. The van der Waals surface area contributed by atoms with Crippen LogP contribution in [0.15, 0.2) is 36.9 Å². The maximum atomic E-state index is 12.5. The van der Waals surface area contributed by atoms with Crippen LogP contribution in [-0.2, 0) is 4.74 Å². The number of rotatable bonds is 12. The maximum Gasteiger partial charge on any atom is 0.321 e. The Morgan fingerprint density at radius 3 is 2.47 bits per heavy atom. The normalized spacial score (nSPS) is 18.9. The summed E-state index contributed by atoms with van der Waals surface area (Å²) in [6, 6.07) is 7.39. The van der Waals surface area contributed by atoms with Gasteiger partial charge in [-0.1, -0.05) is 30.5 Å². The molecule has 1 aliphatic carbocycles. The summed E-state index contributed by atoms with van der Waals surface area (Å²) in [5, 5.41) is 3.60. The van der Waals surface area contributed by atoms with Gasteiger partial charge in [0.15, 0.2) is 0 Å². The molecule has 0 bridgehead atoms. The van der Waals surface area contributed by atoms with Crippen molar-refractivity contribution in [1.29, 1.82) is 0 Å². The largest absolute Gasteiger partial charge is 0.378 e. The summed E-state index contributed by atoms with van der Waals surface area (Å²) in [5.41, 5.74) is 0.764. The number of urea groups is 1. The molecule has 0 atom stereocenters. The van der Waals surface area contributed by atoms with Gasteiger partial charge in [-0.05, 0) is 76.4 Å². The number of hydrogen-bond donors (Lipinski definition) is 1. The van der Waals surface area contributed by atoms with Crippen molar-refractivity contribution in [2.24, 2.45) is 0 Å². The zero-order valence-corrected chi connectivity index (χ0v) is 19.4. The van der Waals surface area contributed by atoms with E-state index in [4.69, 9.17) is 16.3 Å². The van der Waals surface area contributed by atoms with Crippen LogP contribution in [-0.4, -0.2) is 61.8 Å². The number of nitrogens with zero attached hydrogens (tertiary/aromatic N) is 2. The highest BCUT2D eigenvalue weighted by Gasteiger charge is 2.26. The fraction of sp³-hybridized carbons (Fsp3) is 0.625. The summed E-state index contributed by atoms with van der Waals surface area (Å²) in [5.74, 6) is 0. The second kappa shape index (κ2) is 13.7. The number of benzene rings is 1. The molecule has 1 saturated carbocycles. The molecular formula is C24H38ClN3O2. The molecule has 0 aromatic heterocycles. The Morgan fingerprint density at radius 2 is 1.80 bits per heavy atom. The van der Waals surface area contributed by atoms with E-state index < -0.39 is 0 Å². The van der Waals surface area contributed by atoms with Gasteiger partial charge in [0.05, 0.1) is 6.10 Å². The van der Waals surface area contributed by atoms with Crippen molar-refractivity contribution in [2.45, 2.75) is 63.5 Å². The van der Waals surface area contributed by atoms with Gasteiger partial charge in [-0.25, -0.2) is 4.79 Å². The molecule has 1 N–H and O–H groups in total. The van der Waals surface area contributed by atoms with Gasteiger partial charge in [0.2, 0.25) is 0 Å². The van der Waals surface area contributed by atoms with Gasteiger partial charge < -0.3 is 19.9 Å². The summed E-state index contributed by atoms with van der Waals surface area (Å²) < 4.78 is 6.09. The van der Waals surface area contributed by atoms with E-state index in [0.29, 0.717) is 11.1 Å². The molecular weight excluding hydrogens is 398 g/mol. The molecule has 2 amide bonds. The van der Waals surface area contributed by atoms with Crippen molar-refractivity contribution in [3.05, 3.63) is 41.9 Å². The number of carbonyl (C=O) groups excluding carboxylic acids is 1. The fourth-order valence-electron chi connectivity index (χ4n) is 3.91. The molecule has 1 aromatic rings. The fourth-order valence-corrected chi connectivity index (χ4v) is 4.03. The lowest BCUT2D eigenvalue weighted by Gasteiger charge is -2.34. The quantitative estimate of drug-likeness (QED) is 0.333. The van der Waals surface area contributed by atoms with Gasteiger partial charge in [0.25, 0.3) is 0 Å². The summed E-state index contributed by atoms with van der Waals surface area (Å²) in [4.78, 5) is 16.6. The van der Waals surface area contributed by atoms with Crippen LogP contribution in [0.1, 0.15) is 51.4 Å². The van der Waals surface area contributed by atoms with Crippen LogP contribution in [0.3, 0.4) is 0 Å². The average Bonchev–Trinajstić information content (AvgIpc) is 2.74. The van der Waals surface area contributed by atoms with E-state index in [1.807, 2.05) is 30.2 Å². The van der Waals surface area contributed by atoms with Gasteiger partial charge in [0, 0.05) is 37.0 Å². The van der Waals surface area contributed by atoms with E-state index in [1.54, 1.807) is 12.1 Å². The molecule has 0 aliphatic heterocycles. The van der Waals surface area contributed by atoms with Gasteiger partial charge in [-0.15, -0.1) is 6.58 Å². The van der Waals surface area contributed by atoms with E-state index in [2.05, 4.69) is 23.8 Å². The predicted octanol–water partition coefficient (Wildman–Crippen LogP) is 5.81. The topological polar surface area (TPSA) is 44.8 Å². The molecule has 5 nitrogen and oxygen atoms in total. The Bertz CT molecular complexity index is 630. The molecule has 6 heteroatoms. The zero-order valence-electron chi connectivity index (χ0n) is 18.6. The van der Waals surface area contributed by atoms with Crippen LogP contribution in [0.5, 0.6) is 0 Å². The Hall–Kier alpha value is -1.56. The number of nitrogens with one attached hydrogen (secondary N) is 1. The average molecular weight is 436 g/mol. The van der Waals surface area contributed by atoms with Crippen molar-refractivity contribution in [2.75, 3.05) is 39.1 Å². The standard InChI is InChI=1S/C24H38ClN3O2/c1-4-17-27(2)18-7-5-6-8-19-30-23-15-13-22(14-16-23)28(3)24(29)26-21-11-9-20(25)10-12-21/h4,9-12,22-23H,1,5-8,13-19H2,2-3H3,(H,26,29)/t22-,23-. The summed E-state index contributed by atoms with van der Waals surface area (Å²) in [6.07, 6.45) is 11.2. The zero-order chi connectivity index (χ0) is 21.8. The smallest absolute Gasteiger partial charge is 0.321 e. The van der Waals surface area contributed by atoms with Crippen LogP contribution in [0.2, 0.25) is 5.02 Å². The molecule has 1 aromatic carbocycles. The molecule has 0 saturated heterocycles. The van der Waals surface area contributed by atoms with Crippen molar-refractivity contribution < 1.29 is 9.53 Å². The molecule has 1 aliphatic rings. The van der Waals surface area contributed by atoms with Crippen molar-refractivity contribution >= 4 is 23.3 Å². The van der Waals surface area contributed by atoms with Gasteiger partial charge in [-0.2, -0.15) is 0 Å². The number of hydrogen-bond acceptors (Lipinski definition) is 3. The van der Waals surface area contributed by atoms with E-state index in [0.717, 1.165) is 57.5 Å². The molecule has 0 radical (unpaired) electrons. The van der Waals surface area contributed by atoms with Crippen molar-refractivity contribution in [3.8, 4) is 0 Å². The third kappa shape index (κ3) is 9.07. The number of anilines is 1. The van der Waals surface area contributed by atoms with E-state index >= 15 is 0 Å². The molecule has 2 rings (SSSR count). The molecule has 0 spiro atoms. The number of halogens is 1. The molecule has 168 valence electrons. The van der Waals surface area contributed by atoms with Crippen LogP contribution in [0.4, 0.5) is 10.5 Å². The SMILES string of the molecule is C=CCN(C)CCCCCCO[C@H]1CC[C@H](N(C)C(=O)Nc2ccc(Cl)cc2)CC1. The van der Waals surface area contributed by atoms with Crippen LogP contribution < -0.4 is 5.32 Å². The van der Waals surface area contributed by atoms with E-state index in [9.17, 15) is 4.79 Å². The molecule has 0 heterocycles. The third-order valence-electron chi connectivity index (χ3n) is 5.84. The first kappa shape index (κ1) is 24.7. The number of unbranched alkanes of at least 4 members (excludes halogenated alkanes) is 3. The number of amides is 2. The van der Waals surface area contributed by atoms with Crippen molar-refractivity contribution in [3.63, 3.8) is 0 Å². The number of likely N-dealkylation sites (N-methyl/N-ethyl adjacent to an activating group) is 1. The monoisotopic (exact) mass is 435 g/mol. The maximum absolute atomic E-state index is 12.5. The van der Waals surface area contributed by atoms with E-state index in [1.165, 1.54) is 19.3 Å². The first-order valence-corrected chi connectivity index (χ1v) is 11.6. The van der Waals surface area contributed by atoms with Crippen LogP contribution >= 0.6 is 11.6 Å². The lowest BCUT2D eigenvalue weighted by molar-refractivity contribution is 0.0130. The van der Waals surface area contributed by atoms with Gasteiger partial charge in [0.1, 0.15) is 0 Å². The Labute approximate surface area is 187 Å². The predicted molar refractivity (Wildman–Crippen MR) is 126 cm³/mol. The lowest BCUT2D eigenvalue weighted by atomic mass is 9.92. The highest BCUT2D eigenvalue weighted by molar-refractivity contribution is 6.30. The minimum atomic E-state index is -0.0690. The first-order valence-electron chi connectivity index (χ1n) is 11.2. The Kier molecular flexibility index (Phi) is 11.3. The molecule has 1 fully saturated rings. The highest BCUT2D eigenvalue weighted by Crippen LogP contribution is 2.25. The minimum absolute atomic E-state index is 0.0690. The first-order chi connectivity index (χ1) is 14.5. The Morgan fingerprint density at radius 1 is 1.13 bits per heavy atom. The lowest BCUT2D eigenvalue weighted by Crippen LogP contribution is -2.42. The highest BCUT2D eigenvalue weighted by atomic mass is 35.5. The van der Waals surface area contributed by atoms with Gasteiger partial charge in [-0.3, -0.25) is 0 Å². The summed E-state index contributed by atoms with van der Waals surface area (Å²) >= 11 is 5.90. The molecule has 0 unspecified atom stereocenters. The second-order valence-corrected chi connectivity index (χ2v) is 8.75. The van der Waals surface area contributed by atoms with E-state index in [-0.39, 0.29) is 12.1 Å². The second-order valence-electron chi connectivity index (χ2n) is 8.31. The Balaban J connectivity index is 1.55. The summed E-state index contributed by atoms with van der Waals surface area (Å²) in [7, 11) is 4.02. The van der Waals surface area contributed by atoms with Crippen LogP contribution in [0.25, 0.3) is 0 Å². The van der Waals surface area contributed by atoms with Gasteiger partial charge >= 0.3 is 6.03 Å². The van der Waals surface area contributed by atoms with Crippen molar-refractivity contribution in [1.82, 2.24) is 9.80 Å². The minimum Gasteiger partial charge on any atom is -0.378 e.